The van der Waals surface area contributed by atoms with Gasteiger partial charge < -0.3 is 15.0 Å². The van der Waals surface area contributed by atoms with E-state index in [1.54, 1.807) is 7.11 Å². The molecule has 0 spiro atoms. The van der Waals surface area contributed by atoms with E-state index in [0.29, 0.717) is 13.0 Å². The Bertz CT molecular complexity index is 506. The first-order chi connectivity index (χ1) is 8.79. The Hall–Kier alpha value is -2.23. The van der Waals surface area contributed by atoms with Crippen LogP contribution in [0.1, 0.15) is 11.1 Å². The van der Waals surface area contributed by atoms with Gasteiger partial charge in [-0.15, -0.1) is 0 Å². The van der Waals surface area contributed by atoms with Crippen molar-refractivity contribution in [1.29, 1.82) is 0 Å². The highest BCUT2D eigenvalue weighted by Gasteiger charge is 2.06. The first kappa shape index (κ1) is 12.2. The Morgan fingerprint density at radius 1 is 1.33 bits per heavy atom. The van der Waals surface area contributed by atoms with Gasteiger partial charge in [0.1, 0.15) is 5.75 Å². The second-order valence-electron chi connectivity index (χ2n) is 3.98. The lowest BCUT2D eigenvalue weighted by Gasteiger charge is -2.09. The lowest BCUT2D eigenvalue weighted by molar-refractivity contribution is -0.120. The van der Waals surface area contributed by atoms with Crippen molar-refractivity contribution in [3.05, 3.63) is 53.9 Å². The van der Waals surface area contributed by atoms with E-state index in [-0.39, 0.29) is 5.91 Å². The van der Waals surface area contributed by atoms with Gasteiger partial charge in [0.05, 0.1) is 13.5 Å². The SMILES string of the molecule is COc1ccccc1CNC(=O)Cc1cc[nH]c1. The van der Waals surface area contributed by atoms with Crippen LogP contribution in [0.5, 0.6) is 5.75 Å². The molecule has 4 heteroatoms. The summed E-state index contributed by atoms with van der Waals surface area (Å²) >= 11 is 0. The lowest BCUT2D eigenvalue weighted by atomic mass is 10.2. The number of ether oxygens (including phenoxy) is 1. The number of amides is 1. The van der Waals surface area contributed by atoms with Gasteiger partial charge in [0.2, 0.25) is 5.91 Å². The number of hydrogen-bond donors (Lipinski definition) is 2. The molecule has 94 valence electrons. The average molecular weight is 244 g/mol. The summed E-state index contributed by atoms with van der Waals surface area (Å²) < 4.78 is 5.23. The number of aromatic nitrogens is 1. The summed E-state index contributed by atoms with van der Waals surface area (Å²) in [7, 11) is 1.63. The normalized spacial score (nSPS) is 10.1. The van der Waals surface area contributed by atoms with Crippen LogP contribution in [0.3, 0.4) is 0 Å². The van der Waals surface area contributed by atoms with E-state index in [9.17, 15) is 4.79 Å². The van der Waals surface area contributed by atoms with Crippen LogP contribution in [0.4, 0.5) is 0 Å². The van der Waals surface area contributed by atoms with Crippen molar-refractivity contribution in [2.75, 3.05) is 7.11 Å². The molecule has 0 saturated heterocycles. The quantitative estimate of drug-likeness (QED) is 0.843. The number of nitrogens with one attached hydrogen (secondary N) is 2. The van der Waals surface area contributed by atoms with Gasteiger partial charge in [-0.2, -0.15) is 0 Å². The maximum atomic E-state index is 11.7. The zero-order valence-electron chi connectivity index (χ0n) is 10.3. The van der Waals surface area contributed by atoms with Crippen LogP contribution in [-0.4, -0.2) is 18.0 Å². The molecular formula is C14H16N2O2. The van der Waals surface area contributed by atoms with Crippen molar-refractivity contribution in [3.8, 4) is 5.75 Å². The number of carbonyl (C=O) groups excluding carboxylic acids is 1. The summed E-state index contributed by atoms with van der Waals surface area (Å²) in [5.41, 5.74) is 1.95. The smallest absolute Gasteiger partial charge is 0.224 e. The van der Waals surface area contributed by atoms with E-state index in [0.717, 1.165) is 16.9 Å². The molecular weight excluding hydrogens is 228 g/mol. The highest BCUT2D eigenvalue weighted by atomic mass is 16.5. The third-order valence-corrected chi connectivity index (χ3v) is 2.70. The van der Waals surface area contributed by atoms with Gasteiger partial charge >= 0.3 is 0 Å². The highest BCUT2D eigenvalue weighted by molar-refractivity contribution is 5.78. The Morgan fingerprint density at radius 2 is 2.17 bits per heavy atom. The Labute approximate surface area is 106 Å². The van der Waals surface area contributed by atoms with Gasteiger partial charge in [0.25, 0.3) is 0 Å². The lowest BCUT2D eigenvalue weighted by Crippen LogP contribution is -2.24. The van der Waals surface area contributed by atoms with Crippen LogP contribution in [-0.2, 0) is 17.8 Å². The van der Waals surface area contributed by atoms with Crippen molar-refractivity contribution in [2.24, 2.45) is 0 Å². The summed E-state index contributed by atoms with van der Waals surface area (Å²) in [5, 5.41) is 2.88. The van der Waals surface area contributed by atoms with Crippen LogP contribution >= 0.6 is 0 Å². The zero-order chi connectivity index (χ0) is 12.8. The zero-order valence-corrected chi connectivity index (χ0v) is 10.3. The number of H-pyrrole nitrogens is 1. The van der Waals surface area contributed by atoms with Gasteiger partial charge in [-0.05, 0) is 17.7 Å². The summed E-state index contributed by atoms with van der Waals surface area (Å²) in [6.45, 7) is 0.479. The molecule has 2 N–H and O–H groups in total. The van der Waals surface area contributed by atoms with E-state index in [4.69, 9.17) is 4.74 Å². The number of hydrogen-bond acceptors (Lipinski definition) is 2. The summed E-state index contributed by atoms with van der Waals surface area (Å²) in [4.78, 5) is 14.6. The summed E-state index contributed by atoms with van der Waals surface area (Å²) in [5.74, 6) is 0.792. The molecule has 0 atom stereocenters. The molecule has 1 aromatic carbocycles. The second kappa shape index (κ2) is 5.91. The van der Waals surface area contributed by atoms with Gasteiger partial charge in [0.15, 0.2) is 0 Å². The third-order valence-electron chi connectivity index (χ3n) is 2.70. The maximum absolute atomic E-state index is 11.7. The topological polar surface area (TPSA) is 54.1 Å². The number of rotatable bonds is 5. The van der Waals surface area contributed by atoms with Crippen molar-refractivity contribution in [2.45, 2.75) is 13.0 Å². The van der Waals surface area contributed by atoms with Gasteiger partial charge in [-0.3, -0.25) is 4.79 Å². The number of methoxy groups -OCH3 is 1. The molecule has 0 bridgehead atoms. The van der Waals surface area contributed by atoms with E-state index in [1.807, 2.05) is 42.7 Å². The van der Waals surface area contributed by atoms with E-state index in [1.165, 1.54) is 0 Å². The molecule has 2 rings (SSSR count). The standard InChI is InChI=1S/C14H16N2O2/c1-18-13-5-3-2-4-12(13)10-16-14(17)8-11-6-7-15-9-11/h2-7,9,15H,8,10H2,1H3,(H,16,17). The average Bonchev–Trinajstić information content (AvgIpc) is 2.89. The first-order valence-corrected chi connectivity index (χ1v) is 5.80. The van der Waals surface area contributed by atoms with Gasteiger partial charge in [0, 0.05) is 24.5 Å². The fourth-order valence-electron chi connectivity index (χ4n) is 1.76. The second-order valence-corrected chi connectivity index (χ2v) is 3.98. The molecule has 0 fully saturated rings. The molecule has 0 unspecified atom stereocenters. The molecule has 0 aliphatic rings. The molecule has 1 amide bonds. The van der Waals surface area contributed by atoms with E-state index >= 15 is 0 Å². The molecule has 0 aliphatic heterocycles. The van der Waals surface area contributed by atoms with Gasteiger partial charge in [-0.25, -0.2) is 0 Å². The Kier molecular flexibility index (Phi) is 4.02. The Morgan fingerprint density at radius 3 is 2.89 bits per heavy atom. The summed E-state index contributed by atoms with van der Waals surface area (Å²) in [6, 6.07) is 9.55. The minimum Gasteiger partial charge on any atom is -0.496 e. The van der Waals surface area contributed by atoms with Crippen LogP contribution in [0.25, 0.3) is 0 Å². The van der Waals surface area contributed by atoms with Crippen molar-refractivity contribution in [3.63, 3.8) is 0 Å². The monoisotopic (exact) mass is 244 g/mol. The molecule has 1 aromatic heterocycles. The number of carbonyl (C=O) groups is 1. The van der Waals surface area contributed by atoms with E-state index < -0.39 is 0 Å². The highest BCUT2D eigenvalue weighted by Crippen LogP contribution is 2.16. The van der Waals surface area contributed by atoms with E-state index in [2.05, 4.69) is 10.3 Å². The molecule has 0 radical (unpaired) electrons. The molecule has 18 heavy (non-hydrogen) atoms. The molecule has 4 nitrogen and oxygen atoms in total. The van der Waals surface area contributed by atoms with Crippen LogP contribution in [0.2, 0.25) is 0 Å². The number of para-hydroxylation sites is 1. The van der Waals surface area contributed by atoms with Crippen molar-refractivity contribution in [1.82, 2.24) is 10.3 Å². The third kappa shape index (κ3) is 3.13. The van der Waals surface area contributed by atoms with Gasteiger partial charge in [-0.1, -0.05) is 18.2 Å². The molecule has 0 aliphatic carbocycles. The van der Waals surface area contributed by atoms with Crippen LogP contribution in [0, 0.1) is 0 Å². The largest absolute Gasteiger partial charge is 0.496 e. The van der Waals surface area contributed by atoms with Crippen LogP contribution in [0.15, 0.2) is 42.7 Å². The minimum absolute atomic E-state index is 0.000469. The fourth-order valence-corrected chi connectivity index (χ4v) is 1.76. The predicted octanol–water partition coefficient (Wildman–Crippen LogP) is 1.88. The summed E-state index contributed by atoms with van der Waals surface area (Å²) in [6.07, 6.45) is 4.02. The van der Waals surface area contributed by atoms with Crippen LogP contribution < -0.4 is 10.1 Å². The Balaban J connectivity index is 1.89. The minimum atomic E-state index is 0.000469. The molecule has 0 saturated carbocycles. The fraction of sp³-hybridized carbons (Fsp3) is 0.214. The molecule has 1 heterocycles. The maximum Gasteiger partial charge on any atom is 0.224 e. The van der Waals surface area contributed by atoms with Crippen molar-refractivity contribution >= 4 is 5.91 Å². The number of benzene rings is 1. The first-order valence-electron chi connectivity index (χ1n) is 5.80. The van der Waals surface area contributed by atoms with Crippen molar-refractivity contribution < 1.29 is 9.53 Å². The number of aromatic amines is 1. The predicted molar refractivity (Wildman–Crippen MR) is 69.3 cm³/mol. The molecule has 2 aromatic rings.